The molecule has 0 bridgehead atoms. The number of carbonyl (C=O) groups excluding carboxylic acids is 2. The quantitative estimate of drug-likeness (QED) is 0.309. The second-order valence-corrected chi connectivity index (χ2v) is 7.72. The van der Waals surface area contributed by atoms with Crippen molar-refractivity contribution in [2.24, 2.45) is 0 Å². The van der Waals surface area contributed by atoms with Crippen molar-refractivity contribution >= 4 is 63.4 Å². The molecule has 3 nitrogen and oxygen atoms in total. The first-order valence-electron chi connectivity index (χ1n) is 6.43. The summed E-state index contributed by atoms with van der Waals surface area (Å²) >= 11 is 5.20. The highest BCUT2D eigenvalue weighted by Crippen LogP contribution is 2.42. The highest BCUT2D eigenvalue weighted by Gasteiger charge is 2.32. The van der Waals surface area contributed by atoms with Crippen LogP contribution in [0.1, 0.15) is 10.4 Å². The third kappa shape index (κ3) is 2.93. The van der Waals surface area contributed by atoms with Crippen molar-refractivity contribution in [3.8, 4) is 0 Å². The maximum atomic E-state index is 12.8. The number of anilines is 1. The highest BCUT2D eigenvalue weighted by molar-refractivity contribution is 14.1. The van der Waals surface area contributed by atoms with Crippen molar-refractivity contribution in [2.75, 3.05) is 22.4 Å². The van der Waals surface area contributed by atoms with Crippen LogP contribution in [0.4, 0.5) is 5.69 Å². The Labute approximate surface area is 145 Å². The normalized spacial score (nSPS) is 18.2. The zero-order valence-electron chi connectivity index (χ0n) is 11.0. The number of fused-ring (bicyclic) bond motifs is 1. The van der Waals surface area contributed by atoms with Gasteiger partial charge in [-0.15, -0.1) is 0 Å². The van der Waals surface area contributed by atoms with Crippen LogP contribution in [0.15, 0.2) is 44.9 Å². The van der Waals surface area contributed by atoms with Crippen molar-refractivity contribution in [3.05, 3.63) is 50.5 Å². The molecule has 0 amide bonds. The number of hydrogen-bond donors (Lipinski definition) is 0. The minimum Gasteiger partial charge on any atom is -0.362 e. The van der Waals surface area contributed by atoms with Crippen LogP contribution < -0.4 is 4.90 Å². The number of rotatable bonds is 2. The van der Waals surface area contributed by atoms with Gasteiger partial charge in [-0.1, -0.05) is 58.2 Å². The largest absolute Gasteiger partial charge is 0.362 e. The number of halogens is 1. The van der Waals surface area contributed by atoms with E-state index in [-0.39, 0.29) is 18.1 Å². The summed E-state index contributed by atoms with van der Waals surface area (Å²) in [6.07, 6.45) is 0. The van der Waals surface area contributed by atoms with Gasteiger partial charge in [0.05, 0.1) is 16.4 Å². The number of benzene rings is 1. The predicted molar refractivity (Wildman–Crippen MR) is 98.2 cm³/mol. The number of carbonyl (C=O) groups is 2. The van der Waals surface area contributed by atoms with E-state index in [2.05, 4.69) is 22.6 Å². The Balaban J connectivity index is 2.12. The summed E-state index contributed by atoms with van der Waals surface area (Å²) in [5.74, 6) is -0.231. The van der Waals surface area contributed by atoms with Gasteiger partial charge >= 0.3 is 0 Å². The Hall–Kier alpha value is -0.730. The van der Waals surface area contributed by atoms with Gasteiger partial charge in [0, 0.05) is 22.2 Å². The van der Waals surface area contributed by atoms with E-state index in [1.54, 1.807) is 0 Å². The third-order valence-electron chi connectivity index (χ3n) is 3.29. The summed E-state index contributed by atoms with van der Waals surface area (Å²) in [7, 11) is 0. The topological polar surface area (TPSA) is 37.4 Å². The van der Waals surface area contributed by atoms with E-state index in [1.165, 1.54) is 23.5 Å². The summed E-state index contributed by atoms with van der Waals surface area (Å²) in [6, 6.07) is 7.50. The Morgan fingerprint density at radius 2 is 1.86 bits per heavy atom. The zero-order valence-corrected chi connectivity index (χ0v) is 14.8. The van der Waals surface area contributed by atoms with Crippen LogP contribution >= 0.6 is 46.1 Å². The van der Waals surface area contributed by atoms with Gasteiger partial charge in [0.1, 0.15) is 0 Å². The molecule has 0 radical (unpaired) electrons. The van der Waals surface area contributed by atoms with Crippen molar-refractivity contribution in [3.63, 3.8) is 0 Å². The van der Waals surface area contributed by atoms with E-state index in [9.17, 15) is 9.59 Å². The molecule has 1 aromatic rings. The SMILES string of the molecule is O=C1CN(CCI)c2ccccc2C(=O)C1=C1SC=CS1. The number of alkyl halides is 1. The van der Waals surface area contributed by atoms with E-state index in [0.717, 1.165) is 20.9 Å². The molecule has 3 rings (SSSR count). The molecule has 0 N–H and O–H groups in total. The number of Topliss-reactive ketones (excluding diaryl/α,β-unsaturated/α-hetero) is 2. The number of hydrogen-bond acceptors (Lipinski definition) is 5. The average molecular weight is 429 g/mol. The third-order valence-corrected chi connectivity index (χ3v) is 5.91. The second-order valence-electron chi connectivity index (χ2n) is 4.55. The van der Waals surface area contributed by atoms with Crippen LogP contribution in [-0.2, 0) is 4.79 Å². The molecule has 0 saturated heterocycles. The van der Waals surface area contributed by atoms with Gasteiger partial charge in [0.25, 0.3) is 0 Å². The van der Waals surface area contributed by atoms with Crippen molar-refractivity contribution < 1.29 is 9.59 Å². The molecule has 6 heteroatoms. The fourth-order valence-corrected chi connectivity index (χ4v) is 4.85. The Bertz CT molecular complexity index is 659. The predicted octanol–water partition coefficient (Wildman–Crippen LogP) is 3.86. The van der Waals surface area contributed by atoms with Crippen LogP contribution in [0.2, 0.25) is 0 Å². The minimum atomic E-state index is -0.148. The Morgan fingerprint density at radius 1 is 1.14 bits per heavy atom. The van der Waals surface area contributed by atoms with Crippen molar-refractivity contribution in [1.29, 1.82) is 0 Å². The molecule has 2 aliphatic rings. The molecular formula is C15H12INO2S2. The van der Waals surface area contributed by atoms with Gasteiger partial charge in [-0.3, -0.25) is 9.59 Å². The zero-order chi connectivity index (χ0) is 14.8. The van der Waals surface area contributed by atoms with E-state index in [1.807, 2.05) is 40.0 Å². The summed E-state index contributed by atoms with van der Waals surface area (Å²) in [5, 5.41) is 3.82. The van der Waals surface area contributed by atoms with Gasteiger partial charge < -0.3 is 4.90 Å². The molecular weight excluding hydrogens is 417 g/mol. The Kier molecular flexibility index (Phi) is 4.75. The molecule has 108 valence electrons. The van der Waals surface area contributed by atoms with Crippen LogP contribution in [0.5, 0.6) is 0 Å². The van der Waals surface area contributed by atoms with Gasteiger partial charge in [0.2, 0.25) is 0 Å². The monoisotopic (exact) mass is 429 g/mol. The molecule has 2 heterocycles. The summed E-state index contributed by atoms with van der Waals surface area (Å²) in [4.78, 5) is 27.4. The number of thioether (sulfide) groups is 2. The standard InChI is InChI=1S/C15H12INO2S2/c16-5-6-17-9-12(18)13(15-20-7-8-21-15)14(19)10-3-1-2-4-11(10)17/h1-4,7-8H,5-6,9H2. The second kappa shape index (κ2) is 6.58. The lowest BCUT2D eigenvalue weighted by Crippen LogP contribution is -2.31. The number of nitrogens with zero attached hydrogens (tertiary/aromatic N) is 1. The fraction of sp³-hybridized carbons (Fsp3) is 0.200. The molecule has 1 aromatic carbocycles. The maximum absolute atomic E-state index is 12.8. The van der Waals surface area contributed by atoms with Gasteiger partial charge in [0.15, 0.2) is 11.6 Å². The molecule has 0 spiro atoms. The fourth-order valence-electron chi connectivity index (χ4n) is 2.37. The molecule has 0 aliphatic carbocycles. The summed E-state index contributed by atoms with van der Waals surface area (Å²) in [5.41, 5.74) is 1.84. The first kappa shape index (κ1) is 15.2. The number of para-hydroxylation sites is 1. The number of ketones is 2. The molecule has 0 fully saturated rings. The molecule has 0 aromatic heterocycles. The molecule has 0 saturated carbocycles. The lowest BCUT2D eigenvalue weighted by atomic mass is 10.0. The van der Waals surface area contributed by atoms with Gasteiger partial charge in [-0.25, -0.2) is 0 Å². The van der Waals surface area contributed by atoms with Crippen molar-refractivity contribution in [1.82, 2.24) is 0 Å². The first-order valence-corrected chi connectivity index (χ1v) is 9.71. The Morgan fingerprint density at radius 3 is 2.57 bits per heavy atom. The summed E-state index contributed by atoms with van der Waals surface area (Å²) < 4.78 is 1.71. The van der Waals surface area contributed by atoms with Gasteiger partial charge in [-0.2, -0.15) is 0 Å². The summed E-state index contributed by atoms with van der Waals surface area (Å²) in [6.45, 7) is 1.03. The van der Waals surface area contributed by atoms with Crippen LogP contribution in [0.25, 0.3) is 0 Å². The van der Waals surface area contributed by atoms with E-state index >= 15 is 0 Å². The molecule has 21 heavy (non-hydrogen) atoms. The minimum absolute atomic E-state index is 0.0836. The molecule has 0 unspecified atom stereocenters. The smallest absolute Gasteiger partial charge is 0.200 e. The van der Waals surface area contributed by atoms with E-state index in [4.69, 9.17) is 0 Å². The van der Waals surface area contributed by atoms with E-state index < -0.39 is 0 Å². The lowest BCUT2D eigenvalue weighted by molar-refractivity contribution is -0.114. The van der Waals surface area contributed by atoms with Crippen LogP contribution in [0.3, 0.4) is 0 Å². The molecule has 0 atom stereocenters. The van der Waals surface area contributed by atoms with Crippen LogP contribution in [-0.4, -0.2) is 29.1 Å². The first-order chi connectivity index (χ1) is 10.2. The molecule has 2 aliphatic heterocycles. The van der Waals surface area contributed by atoms with E-state index in [0.29, 0.717) is 11.1 Å². The maximum Gasteiger partial charge on any atom is 0.200 e. The highest BCUT2D eigenvalue weighted by atomic mass is 127. The van der Waals surface area contributed by atoms with Gasteiger partial charge in [-0.05, 0) is 22.9 Å². The lowest BCUT2D eigenvalue weighted by Gasteiger charge is -2.22. The van der Waals surface area contributed by atoms with Crippen LogP contribution in [0, 0.1) is 0 Å². The van der Waals surface area contributed by atoms with Crippen molar-refractivity contribution in [2.45, 2.75) is 0 Å². The average Bonchev–Trinajstić information content (AvgIpc) is 2.97.